The lowest BCUT2D eigenvalue weighted by Crippen LogP contribution is -2.22. The molecule has 0 radical (unpaired) electrons. The fraction of sp³-hybridized carbons (Fsp3) is 0.259. The van der Waals surface area contributed by atoms with E-state index in [1.807, 2.05) is 48.0 Å². The molecule has 0 spiro atoms. The number of rotatable bonds is 10. The molecule has 3 aromatic heterocycles. The molecule has 9 heteroatoms. The molecule has 4 aromatic rings. The molecule has 0 bridgehead atoms. The lowest BCUT2D eigenvalue weighted by atomic mass is 10.1. The van der Waals surface area contributed by atoms with Crippen LogP contribution in [0.5, 0.6) is 5.75 Å². The predicted octanol–water partition coefficient (Wildman–Crippen LogP) is 5.15. The van der Waals surface area contributed by atoms with E-state index in [0.29, 0.717) is 29.0 Å². The minimum atomic E-state index is -0.296. The number of benzene rings is 1. The van der Waals surface area contributed by atoms with Crippen molar-refractivity contribution >= 4 is 34.4 Å². The van der Waals surface area contributed by atoms with Crippen LogP contribution in [0.15, 0.2) is 67.6 Å². The topological polar surface area (TPSA) is 96.7 Å². The van der Waals surface area contributed by atoms with Gasteiger partial charge in [-0.3, -0.25) is 9.78 Å². The van der Waals surface area contributed by atoms with E-state index >= 15 is 0 Å². The van der Waals surface area contributed by atoms with Crippen LogP contribution in [0.2, 0.25) is 0 Å². The third-order valence-corrected chi connectivity index (χ3v) is 5.82. The zero-order valence-corrected chi connectivity index (χ0v) is 21.0. The Kier molecular flexibility index (Phi) is 7.48. The first-order chi connectivity index (χ1) is 17.4. The molecule has 4 rings (SSSR count). The van der Waals surface area contributed by atoms with Gasteiger partial charge in [0.15, 0.2) is 0 Å². The predicted molar refractivity (Wildman–Crippen MR) is 144 cm³/mol. The van der Waals surface area contributed by atoms with Crippen LogP contribution in [0, 0.1) is 5.92 Å². The van der Waals surface area contributed by atoms with Gasteiger partial charge in [-0.2, -0.15) is 0 Å². The van der Waals surface area contributed by atoms with Gasteiger partial charge in [-0.25, -0.2) is 9.50 Å². The van der Waals surface area contributed by atoms with E-state index in [9.17, 15) is 4.79 Å². The van der Waals surface area contributed by atoms with Gasteiger partial charge >= 0.3 is 0 Å². The summed E-state index contributed by atoms with van der Waals surface area (Å²) in [5, 5.41) is 10.9. The van der Waals surface area contributed by atoms with Gasteiger partial charge in [-0.05, 0) is 48.7 Å². The molecule has 1 amide bonds. The molecule has 0 aliphatic heterocycles. The van der Waals surface area contributed by atoms with Crippen LogP contribution in [-0.4, -0.2) is 46.2 Å². The summed E-state index contributed by atoms with van der Waals surface area (Å²) in [6, 6.07) is 11.5. The van der Waals surface area contributed by atoms with Gasteiger partial charge in [0.05, 0.1) is 41.6 Å². The van der Waals surface area contributed by atoms with E-state index in [1.165, 1.54) is 6.08 Å². The molecule has 36 heavy (non-hydrogen) atoms. The Bertz CT molecular complexity index is 1370. The van der Waals surface area contributed by atoms with E-state index in [-0.39, 0.29) is 5.91 Å². The number of methoxy groups -OCH3 is 1. The number of carbonyl (C=O) groups is 1. The number of amides is 1. The zero-order chi connectivity index (χ0) is 25.7. The molecule has 186 valence electrons. The van der Waals surface area contributed by atoms with Crippen LogP contribution in [0.4, 0.5) is 23.0 Å². The highest BCUT2D eigenvalue weighted by Crippen LogP contribution is 2.38. The van der Waals surface area contributed by atoms with Crippen LogP contribution in [0.1, 0.15) is 20.3 Å². The molecular weight excluding hydrogens is 454 g/mol. The van der Waals surface area contributed by atoms with Gasteiger partial charge in [0.1, 0.15) is 5.75 Å². The fourth-order valence-corrected chi connectivity index (χ4v) is 3.82. The van der Waals surface area contributed by atoms with Gasteiger partial charge in [0.25, 0.3) is 0 Å². The lowest BCUT2D eigenvalue weighted by molar-refractivity contribution is -0.111. The third kappa shape index (κ3) is 5.46. The largest absolute Gasteiger partial charge is 0.494 e. The molecule has 0 saturated heterocycles. The quantitative estimate of drug-likeness (QED) is 0.300. The second kappa shape index (κ2) is 10.9. The van der Waals surface area contributed by atoms with Gasteiger partial charge in [0.2, 0.25) is 11.9 Å². The molecule has 1 aromatic carbocycles. The lowest BCUT2D eigenvalue weighted by Gasteiger charge is -2.25. The van der Waals surface area contributed by atoms with Crippen LogP contribution in [-0.2, 0) is 4.79 Å². The summed E-state index contributed by atoms with van der Waals surface area (Å²) >= 11 is 0. The van der Waals surface area contributed by atoms with E-state index in [1.54, 1.807) is 25.7 Å². The molecule has 0 saturated carbocycles. The summed E-state index contributed by atoms with van der Waals surface area (Å²) in [6.07, 6.45) is 7.54. The second-order valence-electron chi connectivity index (χ2n) is 8.87. The SMILES string of the molecule is C=CC(=O)Nc1cc(Nc2ncc3ccc(-c4cccnc4)n3n2)c(OC)cc1N(C)CCC(C)C. The molecule has 0 aliphatic rings. The Hall–Kier alpha value is -4.40. The normalized spacial score (nSPS) is 10.9. The van der Waals surface area contributed by atoms with Gasteiger partial charge in [0, 0.05) is 37.6 Å². The highest BCUT2D eigenvalue weighted by atomic mass is 16.5. The molecule has 0 fully saturated rings. The molecule has 3 heterocycles. The Balaban J connectivity index is 1.71. The number of hydrogen-bond donors (Lipinski definition) is 2. The van der Waals surface area contributed by atoms with Crippen molar-refractivity contribution in [3.8, 4) is 17.0 Å². The number of ether oxygens (including phenoxy) is 1. The number of nitrogens with one attached hydrogen (secondary N) is 2. The van der Waals surface area contributed by atoms with Crippen molar-refractivity contribution in [1.82, 2.24) is 19.6 Å². The molecule has 2 N–H and O–H groups in total. The fourth-order valence-electron chi connectivity index (χ4n) is 3.82. The Labute approximate surface area is 210 Å². The highest BCUT2D eigenvalue weighted by Gasteiger charge is 2.17. The van der Waals surface area contributed by atoms with Crippen LogP contribution in [0.25, 0.3) is 16.8 Å². The first-order valence-corrected chi connectivity index (χ1v) is 11.8. The number of carbonyl (C=O) groups excluding carboxylic acids is 1. The Morgan fingerprint density at radius 2 is 2.06 bits per heavy atom. The summed E-state index contributed by atoms with van der Waals surface area (Å²) in [4.78, 5) is 23.0. The van der Waals surface area contributed by atoms with Gasteiger partial charge in [-0.1, -0.05) is 20.4 Å². The Morgan fingerprint density at radius 1 is 1.22 bits per heavy atom. The number of anilines is 4. The maximum atomic E-state index is 12.2. The smallest absolute Gasteiger partial charge is 0.247 e. The van der Waals surface area contributed by atoms with Crippen molar-refractivity contribution < 1.29 is 9.53 Å². The van der Waals surface area contributed by atoms with Crippen molar-refractivity contribution in [1.29, 1.82) is 0 Å². The van der Waals surface area contributed by atoms with Crippen molar-refractivity contribution in [2.45, 2.75) is 20.3 Å². The second-order valence-corrected chi connectivity index (χ2v) is 8.87. The van der Waals surface area contributed by atoms with Crippen molar-refractivity contribution in [2.24, 2.45) is 5.92 Å². The zero-order valence-electron chi connectivity index (χ0n) is 21.0. The third-order valence-electron chi connectivity index (χ3n) is 5.82. The maximum Gasteiger partial charge on any atom is 0.247 e. The van der Waals surface area contributed by atoms with Crippen LogP contribution >= 0.6 is 0 Å². The van der Waals surface area contributed by atoms with Crippen LogP contribution in [0.3, 0.4) is 0 Å². The highest BCUT2D eigenvalue weighted by molar-refractivity contribution is 6.02. The van der Waals surface area contributed by atoms with Gasteiger partial charge < -0.3 is 20.3 Å². The summed E-state index contributed by atoms with van der Waals surface area (Å²) in [5.74, 6) is 1.24. The summed E-state index contributed by atoms with van der Waals surface area (Å²) < 4.78 is 7.51. The Morgan fingerprint density at radius 3 is 2.75 bits per heavy atom. The molecule has 0 atom stereocenters. The van der Waals surface area contributed by atoms with E-state index in [4.69, 9.17) is 9.84 Å². The summed E-state index contributed by atoms with van der Waals surface area (Å²) in [6.45, 7) is 8.77. The number of hydrogen-bond acceptors (Lipinski definition) is 7. The average Bonchev–Trinajstić information content (AvgIpc) is 3.31. The minimum absolute atomic E-state index is 0.296. The minimum Gasteiger partial charge on any atom is -0.494 e. The standard InChI is InChI=1S/C27H31N7O2/c1-6-26(35)30-21-14-22(25(36-5)15-24(21)33(4)13-11-18(2)3)31-27-29-17-20-9-10-23(34(20)32-27)19-8-7-12-28-16-19/h6-10,12,14-18H,1,11,13H2,2-5H3,(H,30,35)(H,31,32). The monoisotopic (exact) mass is 485 g/mol. The molecule has 0 aliphatic carbocycles. The number of pyridine rings is 1. The number of fused-ring (bicyclic) bond motifs is 1. The van der Waals surface area contributed by atoms with Crippen molar-refractivity contribution in [3.63, 3.8) is 0 Å². The molecule has 9 nitrogen and oxygen atoms in total. The number of nitrogens with zero attached hydrogens (tertiary/aromatic N) is 5. The molecular formula is C27H31N7O2. The number of aromatic nitrogens is 4. The average molecular weight is 486 g/mol. The van der Waals surface area contributed by atoms with Crippen molar-refractivity contribution in [2.75, 3.05) is 36.2 Å². The van der Waals surface area contributed by atoms with Crippen LogP contribution < -0.4 is 20.3 Å². The van der Waals surface area contributed by atoms with E-state index in [2.05, 4.69) is 45.9 Å². The maximum absolute atomic E-state index is 12.2. The van der Waals surface area contributed by atoms with E-state index < -0.39 is 0 Å². The summed E-state index contributed by atoms with van der Waals surface area (Å²) in [7, 11) is 3.60. The first-order valence-electron chi connectivity index (χ1n) is 11.8. The summed E-state index contributed by atoms with van der Waals surface area (Å²) in [5.41, 5.74) is 4.79. The van der Waals surface area contributed by atoms with Gasteiger partial charge in [-0.15, -0.1) is 5.10 Å². The van der Waals surface area contributed by atoms with Crippen molar-refractivity contribution in [3.05, 3.63) is 67.6 Å². The molecule has 0 unspecified atom stereocenters. The van der Waals surface area contributed by atoms with E-state index in [0.717, 1.165) is 35.4 Å². The first kappa shape index (κ1) is 24.7.